The normalized spacial score (nSPS) is 12.7. The summed E-state index contributed by atoms with van der Waals surface area (Å²) < 4.78 is 6.21. The van der Waals surface area contributed by atoms with Gasteiger partial charge in [-0.25, -0.2) is 9.89 Å². The molecule has 0 bridgehead atoms. The number of carbonyl (C=O) groups excluding carboxylic acids is 1. The molecule has 1 heterocycles. The number of thioether (sulfide) groups is 1. The van der Waals surface area contributed by atoms with Crippen molar-refractivity contribution in [1.29, 1.82) is 0 Å². The van der Waals surface area contributed by atoms with Crippen LogP contribution in [0.25, 0.3) is 0 Å². The predicted molar refractivity (Wildman–Crippen MR) is 68.8 cm³/mol. The van der Waals surface area contributed by atoms with Gasteiger partial charge in [-0.05, 0) is 20.9 Å². The zero-order valence-corrected chi connectivity index (χ0v) is 11.7. The Kier molecular flexibility index (Phi) is 5.42. The zero-order valence-electron chi connectivity index (χ0n) is 10.9. The van der Waals surface area contributed by atoms with Gasteiger partial charge in [0.15, 0.2) is 5.16 Å². The van der Waals surface area contributed by atoms with Gasteiger partial charge in [0.2, 0.25) is 0 Å². The maximum Gasteiger partial charge on any atom is 0.344 e. The number of ether oxygens (including phenoxy) is 1. The van der Waals surface area contributed by atoms with Crippen LogP contribution in [0.15, 0.2) is 9.95 Å². The van der Waals surface area contributed by atoms with Crippen molar-refractivity contribution in [3.8, 4) is 0 Å². The summed E-state index contributed by atoms with van der Waals surface area (Å²) in [6.45, 7) is 3.80. The van der Waals surface area contributed by atoms with Gasteiger partial charge < -0.3 is 10.1 Å². The first kappa shape index (κ1) is 14.8. The third-order valence-corrected chi connectivity index (χ3v) is 3.45. The number of aromatic nitrogens is 3. The molecule has 0 aliphatic heterocycles. The van der Waals surface area contributed by atoms with Gasteiger partial charge in [-0.15, -0.1) is 5.10 Å². The molecule has 0 spiro atoms. The van der Waals surface area contributed by atoms with Crippen LogP contribution in [0.5, 0.6) is 0 Å². The van der Waals surface area contributed by atoms with E-state index in [1.54, 1.807) is 11.6 Å². The largest absolute Gasteiger partial charge is 0.468 e. The first-order valence-electron chi connectivity index (χ1n) is 5.56. The number of methoxy groups -OCH3 is 1. The number of rotatable bonds is 6. The quantitative estimate of drug-likeness (QED) is 0.561. The van der Waals surface area contributed by atoms with Crippen molar-refractivity contribution >= 4 is 17.7 Å². The molecule has 1 aromatic rings. The number of aromatic amines is 1. The number of likely N-dealkylation sites (N-methyl/N-ethyl adjacent to an activating group) is 1. The second-order valence-electron chi connectivity index (χ2n) is 3.95. The lowest BCUT2D eigenvalue weighted by atomic mass is 10.3. The van der Waals surface area contributed by atoms with E-state index in [4.69, 9.17) is 0 Å². The van der Waals surface area contributed by atoms with E-state index < -0.39 is 6.04 Å². The van der Waals surface area contributed by atoms with Gasteiger partial charge in [-0.1, -0.05) is 11.8 Å². The molecule has 1 atom stereocenters. The van der Waals surface area contributed by atoms with Gasteiger partial charge in [0.1, 0.15) is 6.04 Å². The predicted octanol–water partition coefficient (Wildman–Crippen LogP) is 0.00540. The zero-order chi connectivity index (χ0) is 13.7. The molecule has 1 aromatic heterocycles. The van der Waals surface area contributed by atoms with Crippen molar-refractivity contribution in [3.63, 3.8) is 0 Å². The fourth-order valence-electron chi connectivity index (χ4n) is 1.42. The minimum atomic E-state index is -0.424. The fourth-order valence-corrected chi connectivity index (χ4v) is 2.58. The highest BCUT2D eigenvalue weighted by Gasteiger charge is 2.19. The summed E-state index contributed by atoms with van der Waals surface area (Å²) in [6, 6.07) is -0.405. The molecule has 7 nitrogen and oxygen atoms in total. The summed E-state index contributed by atoms with van der Waals surface area (Å²) >= 11 is 1.33. The van der Waals surface area contributed by atoms with E-state index >= 15 is 0 Å². The third kappa shape index (κ3) is 3.36. The van der Waals surface area contributed by atoms with Crippen molar-refractivity contribution in [2.24, 2.45) is 0 Å². The maximum atomic E-state index is 11.5. The number of hydrogen-bond acceptors (Lipinski definition) is 6. The van der Waals surface area contributed by atoms with Crippen LogP contribution < -0.4 is 11.0 Å². The molecule has 0 aromatic carbocycles. The summed E-state index contributed by atoms with van der Waals surface area (Å²) in [5.41, 5.74) is -0.244. The van der Waals surface area contributed by atoms with Crippen LogP contribution in [0.2, 0.25) is 0 Å². The molecule has 0 saturated carbocycles. The van der Waals surface area contributed by atoms with Gasteiger partial charge in [-0.2, -0.15) is 0 Å². The van der Waals surface area contributed by atoms with E-state index in [9.17, 15) is 9.59 Å². The lowest BCUT2D eigenvalue weighted by Crippen LogP contribution is -2.37. The molecule has 0 saturated heterocycles. The number of H-pyrrole nitrogens is 1. The highest BCUT2D eigenvalue weighted by atomic mass is 32.2. The van der Waals surface area contributed by atoms with Crippen molar-refractivity contribution in [1.82, 2.24) is 20.1 Å². The van der Waals surface area contributed by atoms with Gasteiger partial charge in [0, 0.05) is 11.8 Å². The van der Waals surface area contributed by atoms with Crippen LogP contribution in [0.1, 0.15) is 19.9 Å². The molecular formula is C10H18N4O3S. The second-order valence-corrected chi connectivity index (χ2v) is 4.94. The fraction of sp³-hybridized carbons (Fsp3) is 0.700. The van der Waals surface area contributed by atoms with E-state index in [0.29, 0.717) is 10.9 Å². The number of esters is 1. The van der Waals surface area contributed by atoms with E-state index in [1.807, 2.05) is 13.8 Å². The lowest BCUT2D eigenvalue weighted by Gasteiger charge is -2.13. The molecule has 0 aliphatic carbocycles. The molecule has 0 radical (unpaired) electrons. The summed E-state index contributed by atoms with van der Waals surface area (Å²) in [5, 5.41) is 9.77. The third-order valence-electron chi connectivity index (χ3n) is 2.40. The monoisotopic (exact) mass is 274 g/mol. The summed E-state index contributed by atoms with van der Waals surface area (Å²) in [6.07, 6.45) is 0. The average molecular weight is 274 g/mol. The molecule has 1 rings (SSSR count). The highest BCUT2D eigenvalue weighted by Crippen LogP contribution is 2.17. The lowest BCUT2D eigenvalue weighted by molar-refractivity contribution is -0.142. The van der Waals surface area contributed by atoms with Crippen LogP contribution in [0, 0.1) is 0 Å². The van der Waals surface area contributed by atoms with Gasteiger partial charge in [0.05, 0.1) is 7.11 Å². The molecule has 0 fully saturated rings. The minimum Gasteiger partial charge on any atom is -0.468 e. The topological polar surface area (TPSA) is 89.0 Å². The summed E-state index contributed by atoms with van der Waals surface area (Å²) in [7, 11) is 3.03. The van der Waals surface area contributed by atoms with Crippen LogP contribution in [-0.2, 0) is 9.53 Å². The smallest absolute Gasteiger partial charge is 0.344 e. The van der Waals surface area contributed by atoms with Crippen LogP contribution in [0.3, 0.4) is 0 Å². The minimum absolute atomic E-state index is 0.0184. The first-order valence-corrected chi connectivity index (χ1v) is 6.54. The highest BCUT2D eigenvalue weighted by molar-refractivity contribution is 7.99. The Morgan fingerprint density at radius 3 is 2.78 bits per heavy atom. The van der Waals surface area contributed by atoms with Crippen molar-refractivity contribution in [3.05, 3.63) is 10.5 Å². The Labute approximate surface area is 109 Å². The summed E-state index contributed by atoms with van der Waals surface area (Å²) in [4.78, 5) is 22.9. The number of nitrogens with zero attached hydrogens (tertiary/aromatic N) is 2. The van der Waals surface area contributed by atoms with Crippen molar-refractivity contribution in [2.75, 3.05) is 19.9 Å². The second kappa shape index (κ2) is 6.60. The van der Waals surface area contributed by atoms with Gasteiger partial charge in [0.25, 0.3) is 0 Å². The van der Waals surface area contributed by atoms with E-state index in [1.165, 1.54) is 18.9 Å². The Morgan fingerprint density at radius 1 is 1.61 bits per heavy atom. The van der Waals surface area contributed by atoms with Gasteiger partial charge >= 0.3 is 11.7 Å². The number of hydrogen-bond donors (Lipinski definition) is 2. The maximum absolute atomic E-state index is 11.5. The summed E-state index contributed by atoms with van der Waals surface area (Å²) in [5.74, 6) is 0.110. The standard InChI is InChI=1S/C10H18N4O3S/c1-6(2)14-9(16)12-13-10(14)18-5-7(11-3)8(15)17-4/h6-7,11H,5H2,1-4H3,(H,12,16). The first-order chi connectivity index (χ1) is 8.51. The molecule has 102 valence electrons. The number of carbonyl (C=O) groups is 1. The van der Waals surface area contributed by atoms with E-state index in [2.05, 4.69) is 20.3 Å². The molecule has 8 heteroatoms. The van der Waals surface area contributed by atoms with Crippen molar-refractivity contribution < 1.29 is 9.53 Å². The molecule has 0 aliphatic rings. The Bertz CT molecular complexity index is 454. The Balaban J connectivity index is 2.74. The Hall–Kier alpha value is -1.28. The SMILES string of the molecule is CNC(CSc1n[nH]c(=O)n1C(C)C)C(=O)OC. The van der Waals surface area contributed by atoms with E-state index in [0.717, 1.165) is 0 Å². The molecule has 0 amide bonds. The molecule has 2 N–H and O–H groups in total. The molecule has 18 heavy (non-hydrogen) atoms. The van der Waals surface area contributed by atoms with E-state index in [-0.39, 0.29) is 17.7 Å². The van der Waals surface area contributed by atoms with Crippen LogP contribution in [0.4, 0.5) is 0 Å². The Morgan fingerprint density at radius 2 is 2.28 bits per heavy atom. The molecular weight excluding hydrogens is 256 g/mol. The van der Waals surface area contributed by atoms with Crippen LogP contribution in [-0.4, -0.2) is 46.7 Å². The van der Waals surface area contributed by atoms with Gasteiger partial charge in [-0.3, -0.25) is 9.36 Å². The average Bonchev–Trinajstić information content (AvgIpc) is 2.71. The van der Waals surface area contributed by atoms with Crippen molar-refractivity contribution in [2.45, 2.75) is 31.1 Å². The number of nitrogens with one attached hydrogen (secondary N) is 2. The molecule has 1 unspecified atom stereocenters. The van der Waals surface area contributed by atoms with Crippen LogP contribution >= 0.6 is 11.8 Å².